The number of amides is 1. The molecule has 5 rings (SSSR count). The van der Waals surface area contributed by atoms with Gasteiger partial charge in [-0.1, -0.05) is 36.4 Å². The maximum atomic E-state index is 13.2. The number of hydrogen-bond acceptors (Lipinski definition) is 4. The summed E-state index contributed by atoms with van der Waals surface area (Å²) in [6.45, 7) is 3.14. The lowest BCUT2D eigenvalue weighted by atomic mass is 9.83. The predicted molar refractivity (Wildman–Crippen MR) is 114 cm³/mol. The second kappa shape index (κ2) is 7.66. The molecule has 1 aromatic heterocycles. The highest BCUT2D eigenvalue weighted by atomic mass is 16.3. The lowest BCUT2D eigenvalue weighted by Crippen LogP contribution is -2.61. The van der Waals surface area contributed by atoms with E-state index < -0.39 is 0 Å². The first-order valence-electron chi connectivity index (χ1n) is 10.2. The molecule has 0 spiro atoms. The smallest absolute Gasteiger partial charge is 0.225 e. The first kappa shape index (κ1) is 17.9. The number of carbonyl (C=O) groups is 1. The van der Waals surface area contributed by atoms with E-state index in [1.165, 1.54) is 16.9 Å². The van der Waals surface area contributed by atoms with Crippen LogP contribution in [-0.2, 0) is 17.8 Å². The quantitative estimate of drug-likeness (QED) is 0.745. The Morgan fingerprint density at radius 2 is 1.83 bits per heavy atom. The fourth-order valence-electron chi connectivity index (χ4n) is 4.65. The van der Waals surface area contributed by atoms with Crippen LogP contribution in [0.15, 0.2) is 77.4 Å². The van der Waals surface area contributed by atoms with E-state index in [1.807, 2.05) is 18.2 Å². The Morgan fingerprint density at radius 3 is 2.66 bits per heavy atom. The van der Waals surface area contributed by atoms with E-state index >= 15 is 0 Å². The third kappa shape index (κ3) is 3.48. The van der Waals surface area contributed by atoms with Crippen molar-refractivity contribution in [2.75, 3.05) is 29.4 Å². The molecule has 2 unspecified atom stereocenters. The predicted octanol–water partition coefficient (Wildman–Crippen LogP) is 3.46. The van der Waals surface area contributed by atoms with Gasteiger partial charge in [0.05, 0.1) is 24.8 Å². The van der Waals surface area contributed by atoms with Gasteiger partial charge in [-0.2, -0.15) is 0 Å². The molecule has 148 valence electrons. The Balaban J connectivity index is 1.40. The van der Waals surface area contributed by atoms with Gasteiger partial charge in [0.25, 0.3) is 0 Å². The maximum absolute atomic E-state index is 13.2. The molecule has 2 aliphatic rings. The van der Waals surface area contributed by atoms with Crippen molar-refractivity contribution < 1.29 is 9.21 Å². The number of nitrogens with zero attached hydrogens (tertiary/aromatic N) is 2. The number of piperazine rings is 1. The molecule has 0 saturated carbocycles. The monoisotopic (exact) mass is 387 g/mol. The number of anilines is 2. The molecule has 3 aromatic rings. The third-order valence-electron chi connectivity index (χ3n) is 6.10. The number of carbonyl (C=O) groups excluding carboxylic acids is 1. The molecule has 0 aliphatic carbocycles. The fourth-order valence-corrected chi connectivity index (χ4v) is 4.65. The van der Waals surface area contributed by atoms with Crippen molar-refractivity contribution in [1.82, 2.24) is 5.32 Å². The first-order chi connectivity index (χ1) is 14.3. The summed E-state index contributed by atoms with van der Waals surface area (Å²) in [5.74, 6) is 0.785. The van der Waals surface area contributed by atoms with Crippen LogP contribution in [0, 0.1) is 5.92 Å². The molecule has 29 heavy (non-hydrogen) atoms. The molecular formula is C24H25N3O2. The summed E-state index contributed by atoms with van der Waals surface area (Å²) in [7, 11) is 0. The second-order valence-electron chi connectivity index (χ2n) is 7.78. The van der Waals surface area contributed by atoms with Gasteiger partial charge in [0, 0.05) is 31.0 Å². The SMILES string of the molecule is O=C(NCc1ccco1)C1Cc2ccccc2N2CCN(c3ccccc3)CC12. The molecule has 0 radical (unpaired) electrons. The van der Waals surface area contributed by atoms with Crippen LogP contribution in [0.1, 0.15) is 11.3 Å². The molecule has 1 amide bonds. The number of benzene rings is 2. The van der Waals surface area contributed by atoms with Gasteiger partial charge in [-0.25, -0.2) is 0 Å². The molecule has 5 heteroatoms. The molecule has 2 aromatic carbocycles. The summed E-state index contributed by atoms with van der Waals surface area (Å²) in [6.07, 6.45) is 2.41. The Labute approximate surface area is 170 Å². The van der Waals surface area contributed by atoms with E-state index in [1.54, 1.807) is 6.26 Å². The summed E-state index contributed by atoms with van der Waals surface area (Å²) in [4.78, 5) is 18.0. The fraction of sp³-hybridized carbons (Fsp3) is 0.292. The number of nitrogens with one attached hydrogen (secondary N) is 1. The van der Waals surface area contributed by atoms with Crippen LogP contribution < -0.4 is 15.1 Å². The van der Waals surface area contributed by atoms with Crippen LogP contribution >= 0.6 is 0 Å². The summed E-state index contributed by atoms with van der Waals surface area (Å²) in [5, 5.41) is 3.10. The number of furan rings is 1. The van der Waals surface area contributed by atoms with Crippen molar-refractivity contribution in [2.45, 2.75) is 19.0 Å². The number of para-hydroxylation sites is 2. The molecule has 1 fully saturated rings. The average molecular weight is 387 g/mol. The minimum atomic E-state index is -0.0913. The van der Waals surface area contributed by atoms with Crippen LogP contribution in [0.5, 0.6) is 0 Å². The summed E-state index contributed by atoms with van der Waals surface area (Å²) >= 11 is 0. The van der Waals surface area contributed by atoms with Gasteiger partial charge < -0.3 is 19.5 Å². The highest BCUT2D eigenvalue weighted by Crippen LogP contribution is 2.36. The Kier molecular flexibility index (Phi) is 4.72. The summed E-state index contributed by atoms with van der Waals surface area (Å²) < 4.78 is 5.38. The minimum absolute atomic E-state index is 0.0913. The van der Waals surface area contributed by atoms with Crippen LogP contribution in [0.3, 0.4) is 0 Å². The summed E-state index contributed by atoms with van der Waals surface area (Å²) in [6, 6.07) is 22.9. The summed E-state index contributed by atoms with van der Waals surface area (Å²) in [5.41, 5.74) is 3.76. The number of fused-ring (bicyclic) bond motifs is 3. The van der Waals surface area contributed by atoms with Gasteiger partial charge in [0.15, 0.2) is 0 Å². The average Bonchev–Trinajstić information content (AvgIpc) is 3.31. The Bertz CT molecular complexity index is 971. The van der Waals surface area contributed by atoms with E-state index in [9.17, 15) is 4.79 Å². The van der Waals surface area contributed by atoms with Gasteiger partial charge in [-0.15, -0.1) is 0 Å². The Hall–Kier alpha value is -3.21. The van der Waals surface area contributed by atoms with Gasteiger partial charge >= 0.3 is 0 Å². The van der Waals surface area contributed by atoms with Crippen LogP contribution in [0.25, 0.3) is 0 Å². The van der Waals surface area contributed by atoms with Crippen LogP contribution in [-0.4, -0.2) is 31.6 Å². The number of rotatable bonds is 4. The van der Waals surface area contributed by atoms with Crippen molar-refractivity contribution >= 4 is 17.3 Å². The van der Waals surface area contributed by atoms with Crippen molar-refractivity contribution in [1.29, 1.82) is 0 Å². The van der Waals surface area contributed by atoms with E-state index in [4.69, 9.17) is 4.42 Å². The van der Waals surface area contributed by atoms with Crippen LogP contribution in [0.4, 0.5) is 11.4 Å². The van der Waals surface area contributed by atoms with Crippen molar-refractivity contribution in [3.05, 3.63) is 84.3 Å². The standard InChI is InChI=1S/C24H25N3O2/c28-24(25-16-20-10-6-14-29-20)21-15-18-7-4-5-11-22(18)27-13-12-26(17-23(21)27)19-8-2-1-3-9-19/h1-11,14,21,23H,12-13,15-17H2,(H,25,28). The van der Waals surface area contributed by atoms with Crippen LogP contribution in [0.2, 0.25) is 0 Å². The first-order valence-corrected chi connectivity index (χ1v) is 10.2. The van der Waals surface area contributed by atoms with Gasteiger partial charge in [0.1, 0.15) is 5.76 Å². The topological polar surface area (TPSA) is 48.7 Å². The lowest BCUT2D eigenvalue weighted by Gasteiger charge is -2.49. The molecular weight excluding hydrogens is 362 g/mol. The van der Waals surface area contributed by atoms with Crippen molar-refractivity contribution in [2.24, 2.45) is 5.92 Å². The molecule has 3 heterocycles. The highest BCUT2D eigenvalue weighted by Gasteiger charge is 2.41. The van der Waals surface area contributed by atoms with E-state index in [-0.39, 0.29) is 17.9 Å². The minimum Gasteiger partial charge on any atom is -0.467 e. The molecule has 1 N–H and O–H groups in total. The zero-order chi connectivity index (χ0) is 19.6. The third-order valence-corrected chi connectivity index (χ3v) is 6.10. The molecule has 5 nitrogen and oxygen atoms in total. The van der Waals surface area contributed by atoms with E-state index in [0.717, 1.165) is 31.8 Å². The zero-order valence-corrected chi connectivity index (χ0v) is 16.3. The molecule has 2 aliphatic heterocycles. The maximum Gasteiger partial charge on any atom is 0.225 e. The Morgan fingerprint density at radius 1 is 1.00 bits per heavy atom. The van der Waals surface area contributed by atoms with Gasteiger partial charge in [-0.05, 0) is 42.3 Å². The van der Waals surface area contributed by atoms with Crippen molar-refractivity contribution in [3.8, 4) is 0 Å². The normalized spacial score (nSPS) is 20.7. The van der Waals surface area contributed by atoms with E-state index in [0.29, 0.717) is 6.54 Å². The van der Waals surface area contributed by atoms with Crippen molar-refractivity contribution in [3.63, 3.8) is 0 Å². The zero-order valence-electron chi connectivity index (χ0n) is 16.3. The molecule has 0 bridgehead atoms. The van der Waals surface area contributed by atoms with Gasteiger partial charge in [-0.3, -0.25) is 4.79 Å². The largest absolute Gasteiger partial charge is 0.467 e. The van der Waals surface area contributed by atoms with E-state index in [2.05, 4.69) is 63.6 Å². The lowest BCUT2D eigenvalue weighted by molar-refractivity contribution is -0.126. The molecule has 1 saturated heterocycles. The van der Waals surface area contributed by atoms with Gasteiger partial charge in [0.2, 0.25) is 5.91 Å². The number of hydrogen-bond donors (Lipinski definition) is 1. The molecule has 2 atom stereocenters. The highest BCUT2D eigenvalue weighted by molar-refractivity contribution is 5.82. The second-order valence-corrected chi connectivity index (χ2v) is 7.78.